The van der Waals surface area contributed by atoms with Crippen LogP contribution in [0.4, 0.5) is 0 Å². The molecule has 3 unspecified atom stereocenters. The van der Waals surface area contributed by atoms with Gasteiger partial charge < -0.3 is 10.6 Å². The van der Waals surface area contributed by atoms with Gasteiger partial charge in [-0.05, 0) is 62.9 Å². The first-order chi connectivity index (χ1) is 8.24. The summed E-state index contributed by atoms with van der Waals surface area (Å²) in [5.74, 6) is 1.71. The molecule has 0 aromatic heterocycles. The van der Waals surface area contributed by atoms with Crippen LogP contribution in [-0.2, 0) is 6.42 Å². The van der Waals surface area contributed by atoms with E-state index in [1.807, 2.05) is 0 Å². The standard InChI is InChI=1S/C15H22N2/c1-10-3-4-12(11(2)5-10)6-15-14-9-16-7-13(14)8-17-15/h3-5,13-17H,6-9H2,1-2H3. The molecule has 3 rings (SSSR count). The number of nitrogens with one attached hydrogen (secondary N) is 2. The summed E-state index contributed by atoms with van der Waals surface area (Å²) in [6, 6.07) is 7.52. The number of hydrogen-bond acceptors (Lipinski definition) is 2. The van der Waals surface area contributed by atoms with E-state index in [0.717, 1.165) is 11.8 Å². The normalized spacial score (nSPS) is 31.8. The molecule has 1 aromatic carbocycles. The third-order valence-electron chi connectivity index (χ3n) is 4.49. The average molecular weight is 230 g/mol. The molecule has 17 heavy (non-hydrogen) atoms. The molecule has 0 amide bonds. The fourth-order valence-corrected chi connectivity index (χ4v) is 3.44. The van der Waals surface area contributed by atoms with Crippen molar-refractivity contribution >= 4 is 0 Å². The molecule has 2 aliphatic heterocycles. The second-order valence-electron chi connectivity index (χ2n) is 5.73. The largest absolute Gasteiger partial charge is 0.316 e. The minimum absolute atomic E-state index is 0.677. The Morgan fingerprint density at radius 1 is 1.18 bits per heavy atom. The second kappa shape index (κ2) is 4.43. The molecule has 2 aliphatic rings. The zero-order valence-corrected chi connectivity index (χ0v) is 10.8. The molecular weight excluding hydrogens is 208 g/mol. The highest BCUT2D eigenvalue weighted by molar-refractivity contribution is 5.31. The van der Waals surface area contributed by atoms with Crippen LogP contribution in [0.3, 0.4) is 0 Å². The molecule has 2 N–H and O–H groups in total. The molecule has 2 fully saturated rings. The SMILES string of the molecule is Cc1ccc(CC2NCC3CNCC32)c(C)c1. The molecule has 92 valence electrons. The summed E-state index contributed by atoms with van der Waals surface area (Å²) in [5.41, 5.74) is 4.33. The van der Waals surface area contributed by atoms with Crippen molar-refractivity contribution in [2.75, 3.05) is 19.6 Å². The molecule has 0 saturated carbocycles. The summed E-state index contributed by atoms with van der Waals surface area (Å²) in [7, 11) is 0. The average Bonchev–Trinajstić information content (AvgIpc) is 2.86. The molecule has 2 heterocycles. The summed E-state index contributed by atoms with van der Waals surface area (Å²) in [5, 5.41) is 7.23. The lowest BCUT2D eigenvalue weighted by Crippen LogP contribution is -2.32. The van der Waals surface area contributed by atoms with Crippen LogP contribution in [0, 0.1) is 25.7 Å². The Morgan fingerprint density at radius 2 is 2.06 bits per heavy atom. The second-order valence-corrected chi connectivity index (χ2v) is 5.73. The van der Waals surface area contributed by atoms with E-state index in [2.05, 4.69) is 42.7 Å². The number of aryl methyl sites for hydroxylation is 2. The van der Waals surface area contributed by atoms with Crippen LogP contribution < -0.4 is 10.6 Å². The van der Waals surface area contributed by atoms with Crippen LogP contribution in [0.2, 0.25) is 0 Å². The van der Waals surface area contributed by atoms with E-state index in [1.165, 1.54) is 42.7 Å². The van der Waals surface area contributed by atoms with Gasteiger partial charge in [-0.25, -0.2) is 0 Å². The molecular formula is C15H22N2. The Labute approximate surface area is 104 Å². The highest BCUT2D eigenvalue weighted by Crippen LogP contribution is 2.28. The zero-order chi connectivity index (χ0) is 11.8. The van der Waals surface area contributed by atoms with Gasteiger partial charge in [0.05, 0.1) is 0 Å². The van der Waals surface area contributed by atoms with E-state index in [9.17, 15) is 0 Å². The predicted molar refractivity (Wildman–Crippen MR) is 71.3 cm³/mol. The van der Waals surface area contributed by atoms with Gasteiger partial charge in [-0.3, -0.25) is 0 Å². The number of benzene rings is 1. The van der Waals surface area contributed by atoms with Crippen molar-refractivity contribution in [3.05, 3.63) is 34.9 Å². The minimum Gasteiger partial charge on any atom is -0.316 e. The van der Waals surface area contributed by atoms with Crippen molar-refractivity contribution < 1.29 is 0 Å². The van der Waals surface area contributed by atoms with Gasteiger partial charge in [0.1, 0.15) is 0 Å². The summed E-state index contributed by atoms with van der Waals surface area (Å²) in [4.78, 5) is 0. The Kier molecular flexibility index (Phi) is 2.93. The molecule has 0 radical (unpaired) electrons. The van der Waals surface area contributed by atoms with Gasteiger partial charge in [-0.2, -0.15) is 0 Å². The first kappa shape index (κ1) is 11.2. The Bertz CT molecular complexity index is 413. The lowest BCUT2D eigenvalue weighted by Gasteiger charge is -2.19. The summed E-state index contributed by atoms with van der Waals surface area (Å²) in [6.07, 6.45) is 1.19. The van der Waals surface area contributed by atoms with Crippen LogP contribution in [-0.4, -0.2) is 25.7 Å². The molecule has 2 saturated heterocycles. The maximum atomic E-state index is 3.71. The zero-order valence-electron chi connectivity index (χ0n) is 10.8. The summed E-state index contributed by atoms with van der Waals surface area (Å²) < 4.78 is 0. The lowest BCUT2D eigenvalue weighted by molar-refractivity contribution is 0.434. The van der Waals surface area contributed by atoms with Gasteiger partial charge in [0.25, 0.3) is 0 Å². The highest BCUT2D eigenvalue weighted by atomic mass is 15.0. The van der Waals surface area contributed by atoms with E-state index in [4.69, 9.17) is 0 Å². The van der Waals surface area contributed by atoms with Crippen LogP contribution in [0.15, 0.2) is 18.2 Å². The topological polar surface area (TPSA) is 24.1 Å². The predicted octanol–water partition coefficient (Wildman–Crippen LogP) is 1.65. The maximum absolute atomic E-state index is 3.71. The van der Waals surface area contributed by atoms with Crippen molar-refractivity contribution in [3.63, 3.8) is 0 Å². The third-order valence-corrected chi connectivity index (χ3v) is 4.49. The summed E-state index contributed by atoms with van der Waals surface area (Å²) >= 11 is 0. The minimum atomic E-state index is 0.677. The van der Waals surface area contributed by atoms with Gasteiger partial charge in [-0.15, -0.1) is 0 Å². The van der Waals surface area contributed by atoms with Crippen LogP contribution in [0.25, 0.3) is 0 Å². The van der Waals surface area contributed by atoms with Crippen molar-refractivity contribution in [1.82, 2.24) is 10.6 Å². The third kappa shape index (κ3) is 2.12. The van der Waals surface area contributed by atoms with Gasteiger partial charge in [0, 0.05) is 6.04 Å². The molecule has 0 bridgehead atoms. The van der Waals surface area contributed by atoms with E-state index < -0.39 is 0 Å². The highest BCUT2D eigenvalue weighted by Gasteiger charge is 2.38. The molecule has 0 aliphatic carbocycles. The molecule has 2 nitrogen and oxygen atoms in total. The van der Waals surface area contributed by atoms with Crippen molar-refractivity contribution in [2.45, 2.75) is 26.3 Å². The lowest BCUT2D eigenvalue weighted by atomic mass is 9.89. The molecule has 2 heteroatoms. The Morgan fingerprint density at radius 3 is 2.88 bits per heavy atom. The molecule has 3 atom stereocenters. The van der Waals surface area contributed by atoms with Crippen LogP contribution >= 0.6 is 0 Å². The van der Waals surface area contributed by atoms with Crippen molar-refractivity contribution in [2.24, 2.45) is 11.8 Å². The van der Waals surface area contributed by atoms with Crippen molar-refractivity contribution in [1.29, 1.82) is 0 Å². The van der Waals surface area contributed by atoms with Crippen LogP contribution in [0.1, 0.15) is 16.7 Å². The Balaban J connectivity index is 1.74. The van der Waals surface area contributed by atoms with E-state index in [-0.39, 0.29) is 0 Å². The Hall–Kier alpha value is -0.860. The van der Waals surface area contributed by atoms with Gasteiger partial charge in [0.15, 0.2) is 0 Å². The summed E-state index contributed by atoms with van der Waals surface area (Å²) in [6.45, 7) is 8.02. The van der Waals surface area contributed by atoms with E-state index in [1.54, 1.807) is 0 Å². The van der Waals surface area contributed by atoms with E-state index >= 15 is 0 Å². The first-order valence-electron chi connectivity index (χ1n) is 6.74. The fourth-order valence-electron chi connectivity index (χ4n) is 3.44. The van der Waals surface area contributed by atoms with Gasteiger partial charge in [-0.1, -0.05) is 23.8 Å². The number of hydrogen-bond donors (Lipinski definition) is 2. The first-order valence-corrected chi connectivity index (χ1v) is 6.74. The smallest absolute Gasteiger partial charge is 0.0152 e. The van der Waals surface area contributed by atoms with Gasteiger partial charge in [0.2, 0.25) is 0 Å². The van der Waals surface area contributed by atoms with Crippen molar-refractivity contribution in [3.8, 4) is 0 Å². The molecule has 1 aromatic rings. The number of rotatable bonds is 2. The monoisotopic (exact) mass is 230 g/mol. The van der Waals surface area contributed by atoms with E-state index in [0.29, 0.717) is 6.04 Å². The number of fused-ring (bicyclic) bond motifs is 1. The van der Waals surface area contributed by atoms with Crippen LogP contribution in [0.5, 0.6) is 0 Å². The fraction of sp³-hybridized carbons (Fsp3) is 0.600. The molecule has 0 spiro atoms. The quantitative estimate of drug-likeness (QED) is 0.807. The maximum Gasteiger partial charge on any atom is 0.0152 e. The van der Waals surface area contributed by atoms with Gasteiger partial charge >= 0.3 is 0 Å².